The van der Waals surface area contributed by atoms with Crippen LogP contribution in [0.15, 0.2) is 0 Å². The molecule has 20 heavy (non-hydrogen) atoms. The lowest BCUT2D eigenvalue weighted by atomic mass is 9.96. The number of hydrogen-bond acceptors (Lipinski definition) is 2. The van der Waals surface area contributed by atoms with Gasteiger partial charge < -0.3 is 10.6 Å². The molecule has 3 nitrogen and oxygen atoms in total. The van der Waals surface area contributed by atoms with Crippen molar-refractivity contribution in [3.63, 3.8) is 0 Å². The van der Waals surface area contributed by atoms with Crippen LogP contribution in [0, 0.1) is 11.8 Å². The number of carbonyl (C=O) groups is 1. The Morgan fingerprint density at radius 2 is 1.95 bits per heavy atom. The van der Waals surface area contributed by atoms with E-state index in [1.807, 2.05) is 0 Å². The average Bonchev–Trinajstić information content (AvgIpc) is 3.04. The van der Waals surface area contributed by atoms with Crippen LogP contribution in [-0.4, -0.2) is 31.2 Å². The van der Waals surface area contributed by atoms with Gasteiger partial charge in [0, 0.05) is 6.42 Å². The highest BCUT2D eigenvalue weighted by atomic mass is 19.4. The largest absolute Gasteiger partial charge is 0.408 e. The molecule has 2 aliphatic rings. The maximum Gasteiger partial charge on any atom is 0.408 e. The number of carbonyl (C=O) groups excluding carboxylic acids is 1. The molecule has 1 saturated carbocycles. The van der Waals surface area contributed by atoms with Gasteiger partial charge in [-0.1, -0.05) is 12.8 Å². The van der Waals surface area contributed by atoms with Gasteiger partial charge >= 0.3 is 6.18 Å². The SMILES string of the molecule is O=C(CCC1CCNC1)NC(C1CCCC1)C(F)(F)F. The smallest absolute Gasteiger partial charge is 0.344 e. The minimum Gasteiger partial charge on any atom is -0.344 e. The van der Waals surface area contributed by atoms with E-state index in [4.69, 9.17) is 0 Å². The predicted molar refractivity (Wildman–Crippen MR) is 70.2 cm³/mol. The Bertz CT molecular complexity index is 321. The van der Waals surface area contributed by atoms with Crippen molar-refractivity contribution in [1.29, 1.82) is 0 Å². The lowest BCUT2D eigenvalue weighted by molar-refractivity contribution is -0.172. The quantitative estimate of drug-likeness (QED) is 0.818. The van der Waals surface area contributed by atoms with Gasteiger partial charge in [-0.05, 0) is 50.6 Å². The summed E-state index contributed by atoms with van der Waals surface area (Å²) in [5.74, 6) is -0.463. The molecule has 0 spiro atoms. The van der Waals surface area contributed by atoms with Gasteiger partial charge in [-0.15, -0.1) is 0 Å². The van der Waals surface area contributed by atoms with E-state index in [-0.39, 0.29) is 6.42 Å². The Morgan fingerprint density at radius 1 is 1.25 bits per heavy atom. The standard InChI is InChI=1S/C14H23F3N2O/c15-14(16,17)13(11-3-1-2-4-11)19-12(20)6-5-10-7-8-18-9-10/h10-11,13,18H,1-9H2,(H,19,20). The third kappa shape index (κ3) is 4.36. The number of amides is 1. The van der Waals surface area contributed by atoms with Crippen molar-refractivity contribution >= 4 is 5.91 Å². The van der Waals surface area contributed by atoms with Gasteiger partial charge in [-0.3, -0.25) is 4.79 Å². The third-order valence-electron chi connectivity index (χ3n) is 4.48. The fourth-order valence-corrected chi connectivity index (χ4v) is 3.30. The third-order valence-corrected chi connectivity index (χ3v) is 4.48. The molecule has 1 saturated heterocycles. The van der Waals surface area contributed by atoms with Crippen LogP contribution in [-0.2, 0) is 4.79 Å². The normalized spacial score (nSPS) is 25.9. The first-order valence-corrected chi connectivity index (χ1v) is 7.53. The number of alkyl halides is 3. The lowest BCUT2D eigenvalue weighted by Crippen LogP contribution is -2.49. The van der Waals surface area contributed by atoms with Gasteiger partial charge in [0.2, 0.25) is 5.91 Å². The highest BCUT2D eigenvalue weighted by molar-refractivity contribution is 5.76. The molecule has 0 radical (unpaired) electrons. The molecule has 6 heteroatoms. The first kappa shape index (κ1) is 15.6. The zero-order valence-corrected chi connectivity index (χ0v) is 11.6. The van der Waals surface area contributed by atoms with Crippen LogP contribution in [0.3, 0.4) is 0 Å². The van der Waals surface area contributed by atoms with E-state index in [9.17, 15) is 18.0 Å². The average molecular weight is 292 g/mol. The molecule has 116 valence electrons. The fraction of sp³-hybridized carbons (Fsp3) is 0.929. The van der Waals surface area contributed by atoms with Crippen LogP contribution in [0.25, 0.3) is 0 Å². The van der Waals surface area contributed by atoms with Crippen molar-refractivity contribution < 1.29 is 18.0 Å². The van der Waals surface area contributed by atoms with Crippen molar-refractivity contribution in [3.8, 4) is 0 Å². The minimum absolute atomic E-state index is 0.200. The van der Waals surface area contributed by atoms with E-state index < -0.39 is 24.0 Å². The van der Waals surface area contributed by atoms with E-state index >= 15 is 0 Å². The summed E-state index contributed by atoms with van der Waals surface area (Å²) < 4.78 is 39.1. The molecule has 1 heterocycles. The Morgan fingerprint density at radius 3 is 2.50 bits per heavy atom. The zero-order chi connectivity index (χ0) is 14.6. The van der Waals surface area contributed by atoms with E-state index in [2.05, 4.69) is 10.6 Å². The molecule has 2 fully saturated rings. The van der Waals surface area contributed by atoms with Crippen molar-refractivity contribution in [1.82, 2.24) is 10.6 Å². The summed E-state index contributed by atoms with van der Waals surface area (Å²) in [7, 11) is 0. The number of halogens is 3. The summed E-state index contributed by atoms with van der Waals surface area (Å²) in [4.78, 5) is 11.8. The summed E-state index contributed by atoms with van der Waals surface area (Å²) in [5, 5.41) is 5.43. The molecular weight excluding hydrogens is 269 g/mol. The first-order chi connectivity index (χ1) is 9.47. The van der Waals surface area contributed by atoms with Crippen molar-refractivity contribution in [2.24, 2.45) is 11.8 Å². The monoisotopic (exact) mass is 292 g/mol. The second-order valence-electron chi connectivity index (χ2n) is 6.03. The summed E-state index contributed by atoms with van der Waals surface area (Å²) in [5.41, 5.74) is 0. The first-order valence-electron chi connectivity index (χ1n) is 7.53. The van der Waals surface area contributed by atoms with E-state index in [0.29, 0.717) is 25.2 Å². The molecule has 2 atom stereocenters. The summed E-state index contributed by atoms with van der Waals surface area (Å²) in [6.45, 7) is 1.82. The van der Waals surface area contributed by atoms with Crippen LogP contribution in [0.1, 0.15) is 44.9 Å². The van der Waals surface area contributed by atoms with Crippen molar-refractivity contribution in [2.45, 2.75) is 57.2 Å². The molecule has 2 rings (SSSR count). The summed E-state index contributed by atoms with van der Waals surface area (Å²) >= 11 is 0. The Kier molecular flexibility index (Phi) is 5.29. The summed E-state index contributed by atoms with van der Waals surface area (Å²) in [6, 6.07) is -1.65. The number of rotatable bonds is 5. The van der Waals surface area contributed by atoms with Crippen LogP contribution < -0.4 is 10.6 Å². The van der Waals surface area contributed by atoms with Crippen LogP contribution in [0.2, 0.25) is 0 Å². The molecule has 0 aromatic heterocycles. The predicted octanol–water partition coefficient (Wildman–Crippen LogP) is 2.61. The Balaban J connectivity index is 1.81. The Labute approximate surface area is 117 Å². The minimum atomic E-state index is -4.33. The molecule has 2 unspecified atom stereocenters. The lowest BCUT2D eigenvalue weighted by Gasteiger charge is -2.27. The number of nitrogens with one attached hydrogen (secondary N) is 2. The molecule has 1 aliphatic heterocycles. The van der Waals surface area contributed by atoms with Gasteiger partial charge in [-0.2, -0.15) is 13.2 Å². The van der Waals surface area contributed by atoms with Gasteiger partial charge in [0.15, 0.2) is 0 Å². The maximum atomic E-state index is 13.0. The van der Waals surface area contributed by atoms with Crippen molar-refractivity contribution in [3.05, 3.63) is 0 Å². The molecule has 1 amide bonds. The Hall–Kier alpha value is -0.780. The van der Waals surface area contributed by atoms with E-state index in [0.717, 1.165) is 32.4 Å². The van der Waals surface area contributed by atoms with E-state index in [1.54, 1.807) is 0 Å². The topological polar surface area (TPSA) is 41.1 Å². The van der Waals surface area contributed by atoms with E-state index in [1.165, 1.54) is 0 Å². The number of hydrogen-bond donors (Lipinski definition) is 2. The second kappa shape index (κ2) is 6.78. The molecular formula is C14H23F3N2O. The molecule has 0 aromatic carbocycles. The second-order valence-corrected chi connectivity index (χ2v) is 6.03. The zero-order valence-electron chi connectivity index (χ0n) is 11.6. The highest BCUT2D eigenvalue weighted by Gasteiger charge is 2.46. The van der Waals surface area contributed by atoms with Gasteiger partial charge in [0.1, 0.15) is 6.04 Å². The van der Waals surface area contributed by atoms with Gasteiger partial charge in [-0.25, -0.2) is 0 Å². The maximum absolute atomic E-state index is 13.0. The molecule has 1 aliphatic carbocycles. The molecule has 0 bridgehead atoms. The molecule has 0 aromatic rings. The van der Waals surface area contributed by atoms with Crippen LogP contribution in [0.4, 0.5) is 13.2 Å². The summed E-state index contributed by atoms with van der Waals surface area (Å²) in [6.07, 6.45) is 0.355. The van der Waals surface area contributed by atoms with Crippen molar-refractivity contribution in [2.75, 3.05) is 13.1 Å². The molecule has 2 N–H and O–H groups in total. The van der Waals surface area contributed by atoms with Gasteiger partial charge in [0.25, 0.3) is 0 Å². The van der Waals surface area contributed by atoms with Gasteiger partial charge in [0.05, 0.1) is 0 Å². The highest BCUT2D eigenvalue weighted by Crippen LogP contribution is 2.35. The van der Waals surface area contributed by atoms with Crippen LogP contribution in [0.5, 0.6) is 0 Å². The van der Waals surface area contributed by atoms with Crippen LogP contribution >= 0.6 is 0 Å². The fourth-order valence-electron chi connectivity index (χ4n) is 3.30.